The summed E-state index contributed by atoms with van der Waals surface area (Å²) in [5, 5.41) is 24.8. The molecule has 0 aliphatic heterocycles. The predicted molar refractivity (Wildman–Crippen MR) is 126 cm³/mol. The number of rotatable bonds is 4. The molecule has 0 bridgehead atoms. The maximum atomic E-state index is 12.8. The van der Waals surface area contributed by atoms with E-state index in [0.717, 1.165) is 0 Å². The van der Waals surface area contributed by atoms with Crippen LogP contribution in [0.5, 0.6) is 0 Å². The summed E-state index contributed by atoms with van der Waals surface area (Å²) in [6.07, 6.45) is 0. The summed E-state index contributed by atoms with van der Waals surface area (Å²) in [5.74, 6) is 0. The molecule has 1 N–H and O–H groups in total. The summed E-state index contributed by atoms with van der Waals surface area (Å²) in [7, 11) is 0. The number of nitro groups is 2. The fraction of sp³-hybridized carbons (Fsp3) is 0. The molecule has 160 valence electrons. The van der Waals surface area contributed by atoms with Gasteiger partial charge in [0.1, 0.15) is 0 Å². The zero-order chi connectivity index (χ0) is 23.1. The standard InChI is InChI=1S/C25H15N3O5/c29-25-19-9-5-8-18(17-7-2-4-11-23(17)28(32)33)24(19)20-14-15(12-13-21(20)26-25)16-6-1-3-10-22(16)27(30)31/h1-14H,(H,26,29). The molecular formula is C25H15N3O5. The topological polar surface area (TPSA) is 119 Å². The van der Waals surface area contributed by atoms with Crippen LogP contribution in [-0.2, 0) is 0 Å². The smallest absolute Gasteiger partial charge is 0.277 e. The first kappa shape index (κ1) is 20.1. The molecule has 0 atom stereocenters. The summed E-state index contributed by atoms with van der Waals surface area (Å²) >= 11 is 0. The van der Waals surface area contributed by atoms with Crippen LogP contribution in [0.4, 0.5) is 11.4 Å². The molecule has 0 radical (unpaired) electrons. The van der Waals surface area contributed by atoms with Crippen LogP contribution in [0.3, 0.4) is 0 Å². The van der Waals surface area contributed by atoms with E-state index in [2.05, 4.69) is 4.98 Å². The summed E-state index contributed by atoms with van der Waals surface area (Å²) in [4.78, 5) is 38.0. The number of H-pyrrole nitrogens is 1. The number of nitrogens with one attached hydrogen (secondary N) is 1. The number of pyridine rings is 1. The maximum absolute atomic E-state index is 12.8. The number of hydrogen-bond donors (Lipinski definition) is 1. The molecule has 5 aromatic rings. The van der Waals surface area contributed by atoms with E-state index < -0.39 is 9.85 Å². The van der Waals surface area contributed by atoms with Crippen LogP contribution in [0, 0.1) is 20.2 Å². The lowest BCUT2D eigenvalue weighted by Crippen LogP contribution is -2.07. The molecule has 0 aliphatic carbocycles. The lowest BCUT2D eigenvalue weighted by atomic mass is 9.93. The molecule has 8 nitrogen and oxygen atoms in total. The molecule has 0 saturated carbocycles. The van der Waals surface area contributed by atoms with Crippen LogP contribution in [-0.4, -0.2) is 14.8 Å². The lowest BCUT2D eigenvalue weighted by molar-refractivity contribution is -0.384. The minimum atomic E-state index is -0.456. The largest absolute Gasteiger partial charge is 0.321 e. The molecule has 8 heteroatoms. The van der Waals surface area contributed by atoms with E-state index in [0.29, 0.717) is 43.9 Å². The Hall–Kier alpha value is -4.85. The number of hydrogen-bond acceptors (Lipinski definition) is 5. The summed E-state index contributed by atoms with van der Waals surface area (Å²) < 4.78 is 0. The van der Waals surface area contributed by atoms with Crippen LogP contribution >= 0.6 is 0 Å². The van der Waals surface area contributed by atoms with E-state index in [1.54, 1.807) is 72.8 Å². The zero-order valence-corrected chi connectivity index (χ0v) is 17.0. The third-order valence-corrected chi connectivity index (χ3v) is 5.65. The fourth-order valence-corrected chi connectivity index (χ4v) is 4.21. The third-order valence-electron chi connectivity index (χ3n) is 5.65. The van der Waals surface area contributed by atoms with Crippen molar-refractivity contribution in [3.63, 3.8) is 0 Å². The number of aromatic nitrogens is 1. The van der Waals surface area contributed by atoms with Gasteiger partial charge >= 0.3 is 0 Å². The molecule has 1 aromatic heterocycles. The van der Waals surface area contributed by atoms with E-state index in [-0.39, 0.29) is 16.9 Å². The highest BCUT2D eigenvalue weighted by atomic mass is 16.6. The minimum Gasteiger partial charge on any atom is -0.321 e. The van der Waals surface area contributed by atoms with Gasteiger partial charge in [-0.05, 0) is 41.5 Å². The van der Waals surface area contributed by atoms with Gasteiger partial charge in [0.05, 0.1) is 21.0 Å². The molecule has 0 fully saturated rings. The number of benzene rings is 4. The lowest BCUT2D eigenvalue weighted by Gasteiger charge is -2.12. The summed E-state index contributed by atoms with van der Waals surface area (Å²) in [6.45, 7) is 0. The average molecular weight is 437 g/mol. The van der Waals surface area contributed by atoms with E-state index in [1.807, 2.05) is 0 Å². The van der Waals surface area contributed by atoms with E-state index in [4.69, 9.17) is 0 Å². The SMILES string of the molecule is O=c1[nH]c2ccc(-c3ccccc3[N+](=O)[O-])cc2c2c(-c3ccccc3[N+](=O)[O-])cccc12. The average Bonchev–Trinajstić information content (AvgIpc) is 2.83. The van der Waals surface area contributed by atoms with Crippen LogP contribution in [0.25, 0.3) is 43.9 Å². The third kappa shape index (κ3) is 3.30. The van der Waals surface area contributed by atoms with Crippen molar-refractivity contribution in [3.05, 3.63) is 116 Å². The van der Waals surface area contributed by atoms with Gasteiger partial charge in [-0.25, -0.2) is 0 Å². The molecule has 0 saturated heterocycles. The summed E-state index contributed by atoms with van der Waals surface area (Å²) in [5.41, 5.74) is 2.05. The predicted octanol–water partition coefficient (Wildman–Crippen LogP) is 5.83. The van der Waals surface area contributed by atoms with Crippen molar-refractivity contribution in [2.75, 3.05) is 0 Å². The van der Waals surface area contributed by atoms with Gasteiger partial charge in [-0.3, -0.25) is 25.0 Å². The van der Waals surface area contributed by atoms with Gasteiger partial charge in [-0.15, -0.1) is 0 Å². The van der Waals surface area contributed by atoms with Crippen molar-refractivity contribution in [1.29, 1.82) is 0 Å². The molecule has 0 unspecified atom stereocenters. The van der Waals surface area contributed by atoms with E-state index in [9.17, 15) is 25.0 Å². The Kier molecular flexibility index (Phi) is 4.68. The van der Waals surface area contributed by atoms with Gasteiger partial charge in [0.15, 0.2) is 0 Å². The Morgan fingerprint density at radius 3 is 1.94 bits per heavy atom. The van der Waals surface area contributed by atoms with Gasteiger partial charge in [0.25, 0.3) is 16.9 Å². The Morgan fingerprint density at radius 2 is 1.24 bits per heavy atom. The highest BCUT2D eigenvalue weighted by Gasteiger charge is 2.20. The molecule has 33 heavy (non-hydrogen) atoms. The zero-order valence-electron chi connectivity index (χ0n) is 17.0. The highest BCUT2D eigenvalue weighted by molar-refractivity contribution is 6.14. The first-order valence-corrected chi connectivity index (χ1v) is 10.0. The molecule has 0 aliphatic rings. The van der Waals surface area contributed by atoms with Crippen molar-refractivity contribution in [2.24, 2.45) is 0 Å². The van der Waals surface area contributed by atoms with Gasteiger partial charge in [-0.2, -0.15) is 0 Å². The Labute approximate surface area is 186 Å². The number of nitro benzene ring substituents is 2. The number of para-hydroxylation sites is 2. The van der Waals surface area contributed by atoms with Gasteiger partial charge in [-0.1, -0.05) is 42.5 Å². The first-order valence-electron chi connectivity index (χ1n) is 10.0. The molecule has 4 aromatic carbocycles. The molecular weight excluding hydrogens is 422 g/mol. The quantitative estimate of drug-likeness (QED) is 0.215. The minimum absolute atomic E-state index is 0.0375. The Morgan fingerprint density at radius 1 is 0.636 bits per heavy atom. The van der Waals surface area contributed by atoms with Crippen molar-refractivity contribution >= 4 is 33.1 Å². The van der Waals surface area contributed by atoms with Crippen LogP contribution in [0.15, 0.2) is 89.7 Å². The van der Waals surface area contributed by atoms with Crippen LogP contribution < -0.4 is 5.56 Å². The van der Waals surface area contributed by atoms with E-state index >= 15 is 0 Å². The van der Waals surface area contributed by atoms with Crippen molar-refractivity contribution in [2.45, 2.75) is 0 Å². The Bertz CT molecular complexity index is 1660. The van der Waals surface area contributed by atoms with Gasteiger partial charge in [0.2, 0.25) is 0 Å². The van der Waals surface area contributed by atoms with Crippen molar-refractivity contribution in [3.8, 4) is 22.3 Å². The normalized spacial score (nSPS) is 11.0. The summed E-state index contributed by atoms with van der Waals surface area (Å²) in [6, 6.07) is 23.0. The van der Waals surface area contributed by atoms with Crippen LogP contribution in [0.1, 0.15) is 0 Å². The van der Waals surface area contributed by atoms with Gasteiger partial charge in [0, 0.05) is 33.8 Å². The number of aromatic amines is 1. The monoisotopic (exact) mass is 437 g/mol. The van der Waals surface area contributed by atoms with Crippen LogP contribution in [0.2, 0.25) is 0 Å². The van der Waals surface area contributed by atoms with Gasteiger partial charge < -0.3 is 4.98 Å². The first-order chi connectivity index (χ1) is 16.0. The number of nitrogens with zero attached hydrogens (tertiary/aromatic N) is 2. The second-order valence-corrected chi connectivity index (χ2v) is 7.49. The van der Waals surface area contributed by atoms with Crippen molar-refractivity contribution < 1.29 is 9.85 Å². The Balaban J connectivity index is 1.90. The second kappa shape index (κ2) is 7.69. The molecule has 1 heterocycles. The van der Waals surface area contributed by atoms with Crippen molar-refractivity contribution in [1.82, 2.24) is 4.98 Å². The molecule has 0 spiro atoms. The molecule has 0 amide bonds. The fourth-order valence-electron chi connectivity index (χ4n) is 4.21. The second-order valence-electron chi connectivity index (χ2n) is 7.49. The van der Waals surface area contributed by atoms with E-state index in [1.165, 1.54) is 12.1 Å². The maximum Gasteiger partial charge on any atom is 0.277 e. The molecule has 5 rings (SSSR count). The highest BCUT2D eigenvalue weighted by Crippen LogP contribution is 2.38. The number of fused-ring (bicyclic) bond motifs is 3.